The van der Waals surface area contributed by atoms with Gasteiger partial charge in [0.05, 0.1) is 11.1 Å². The maximum Gasteiger partial charge on any atom is 0.262 e. The van der Waals surface area contributed by atoms with Crippen LogP contribution in [0.1, 0.15) is 40.5 Å². The van der Waals surface area contributed by atoms with Crippen LogP contribution in [0.5, 0.6) is 5.75 Å². The number of halogens is 3. The summed E-state index contributed by atoms with van der Waals surface area (Å²) in [6.45, 7) is 2.21. The van der Waals surface area contributed by atoms with Gasteiger partial charge < -0.3 is 9.64 Å². The van der Waals surface area contributed by atoms with E-state index in [1.807, 2.05) is 0 Å². The minimum atomic E-state index is -0.946. The third-order valence-electron chi connectivity index (χ3n) is 5.57. The summed E-state index contributed by atoms with van der Waals surface area (Å²) in [5.41, 5.74) is 0.550. The number of imide groups is 1. The fourth-order valence-electron chi connectivity index (χ4n) is 3.90. The lowest BCUT2D eigenvalue weighted by atomic mass is 10.1. The summed E-state index contributed by atoms with van der Waals surface area (Å²) in [5, 5.41) is 0. The van der Waals surface area contributed by atoms with Gasteiger partial charge in [-0.1, -0.05) is 15.9 Å². The van der Waals surface area contributed by atoms with Gasteiger partial charge in [-0.3, -0.25) is 19.3 Å². The molecule has 0 saturated carbocycles. The van der Waals surface area contributed by atoms with E-state index >= 15 is 0 Å². The molecule has 162 valence electrons. The van der Waals surface area contributed by atoms with Crippen molar-refractivity contribution in [2.75, 3.05) is 13.1 Å². The van der Waals surface area contributed by atoms with Crippen molar-refractivity contribution < 1.29 is 27.9 Å². The van der Waals surface area contributed by atoms with Crippen LogP contribution in [0.3, 0.4) is 0 Å². The van der Waals surface area contributed by atoms with Gasteiger partial charge in [0.2, 0.25) is 5.91 Å². The molecule has 2 aliphatic heterocycles. The summed E-state index contributed by atoms with van der Waals surface area (Å²) in [6, 6.07) is 6.99. The lowest BCUT2D eigenvalue weighted by Gasteiger charge is -2.35. The number of hydrogen-bond donors (Lipinski definition) is 0. The van der Waals surface area contributed by atoms with Gasteiger partial charge in [0, 0.05) is 36.5 Å². The largest absolute Gasteiger partial charge is 0.487 e. The van der Waals surface area contributed by atoms with Crippen LogP contribution < -0.4 is 4.74 Å². The molecule has 1 saturated heterocycles. The molecule has 4 rings (SSSR count). The van der Waals surface area contributed by atoms with Crippen molar-refractivity contribution in [2.45, 2.75) is 31.9 Å². The van der Waals surface area contributed by atoms with Crippen LogP contribution in [0.2, 0.25) is 0 Å². The molecule has 0 N–H and O–H groups in total. The van der Waals surface area contributed by atoms with E-state index in [0.29, 0.717) is 30.4 Å². The predicted molar refractivity (Wildman–Crippen MR) is 111 cm³/mol. The van der Waals surface area contributed by atoms with Crippen molar-refractivity contribution in [1.29, 1.82) is 0 Å². The molecule has 1 unspecified atom stereocenters. The first-order valence-corrected chi connectivity index (χ1v) is 10.6. The number of amides is 3. The summed E-state index contributed by atoms with van der Waals surface area (Å²) in [5.74, 6) is -2.80. The molecule has 2 aliphatic rings. The Morgan fingerprint density at radius 2 is 1.74 bits per heavy atom. The van der Waals surface area contributed by atoms with Gasteiger partial charge in [-0.25, -0.2) is 8.78 Å². The number of rotatable bonds is 4. The van der Waals surface area contributed by atoms with Gasteiger partial charge in [0.1, 0.15) is 18.0 Å². The van der Waals surface area contributed by atoms with E-state index < -0.39 is 29.5 Å². The molecule has 0 aromatic heterocycles. The fourth-order valence-corrected chi connectivity index (χ4v) is 4.26. The minimum absolute atomic E-state index is 0.0308. The smallest absolute Gasteiger partial charge is 0.262 e. The van der Waals surface area contributed by atoms with Gasteiger partial charge in [-0.15, -0.1) is 0 Å². The molecule has 3 amide bonds. The average molecular weight is 493 g/mol. The third-order valence-corrected chi connectivity index (χ3v) is 6.06. The summed E-state index contributed by atoms with van der Waals surface area (Å²) in [6.07, 6.45) is 0.574. The zero-order valence-electron chi connectivity index (χ0n) is 16.6. The van der Waals surface area contributed by atoms with Crippen LogP contribution in [0, 0.1) is 11.6 Å². The molecule has 9 heteroatoms. The second-order valence-corrected chi connectivity index (χ2v) is 8.48. The Morgan fingerprint density at radius 1 is 1.06 bits per heavy atom. The van der Waals surface area contributed by atoms with Crippen molar-refractivity contribution in [3.8, 4) is 5.75 Å². The first kappa shape index (κ1) is 21.4. The number of piperidine rings is 1. The van der Waals surface area contributed by atoms with E-state index in [4.69, 9.17) is 4.74 Å². The first-order chi connectivity index (χ1) is 14.8. The molecule has 6 nitrogen and oxygen atoms in total. The summed E-state index contributed by atoms with van der Waals surface area (Å²) < 4.78 is 33.1. The molecule has 0 bridgehead atoms. The van der Waals surface area contributed by atoms with E-state index in [2.05, 4.69) is 15.9 Å². The standard InChI is InChI=1S/C22H19BrF2N2O4/c1-12(27-21(29)16-4-2-13(23)10-17(16)22(27)30)20(28)26-8-6-15(7-9-26)31-19-5-3-14(24)11-18(19)25/h2-5,10-12,15H,6-9H2,1H3. The lowest BCUT2D eigenvalue weighted by Crippen LogP contribution is -2.52. The van der Waals surface area contributed by atoms with Crippen molar-refractivity contribution in [3.05, 3.63) is 63.6 Å². The van der Waals surface area contributed by atoms with E-state index in [9.17, 15) is 23.2 Å². The third kappa shape index (κ3) is 4.06. The van der Waals surface area contributed by atoms with Crippen molar-refractivity contribution in [2.24, 2.45) is 0 Å². The topological polar surface area (TPSA) is 66.9 Å². The van der Waals surface area contributed by atoms with Gasteiger partial charge in [-0.05, 0) is 37.3 Å². The Morgan fingerprint density at radius 3 is 2.42 bits per heavy atom. The van der Waals surface area contributed by atoms with Gasteiger partial charge in [0.15, 0.2) is 11.6 Å². The number of likely N-dealkylation sites (tertiary alicyclic amines) is 1. The molecule has 2 aromatic rings. The molecule has 31 heavy (non-hydrogen) atoms. The van der Waals surface area contributed by atoms with E-state index in [0.717, 1.165) is 17.0 Å². The van der Waals surface area contributed by atoms with Crippen LogP contribution >= 0.6 is 15.9 Å². The Labute approximate surface area is 185 Å². The Kier molecular flexibility index (Phi) is 5.79. The Bertz CT molecular complexity index is 1070. The normalized spacial score (nSPS) is 17.7. The highest BCUT2D eigenvalue weighted by molar-refractivity contribution is 9.10. The molecule has 1 fully saturated rings. The van der Waals surface area contributed by atoms with E-state index in [1.54, 1.807) is 23.1 Å². The molecule has 2 aromatic carbocycles. The van der Waals surface area contributed by atoms with Crippen LogP contribution in [-0.4, -0.2) is 52.8 Å². The van der Waals surface area contributed by atoms with Crippen LogP contribution in [0.4, 0.5) is 8.78 Å². The highest BCUT2D eigenvalue weighted by atomic mass is 79.9. The number of carbonyl (C=O) groups excluding carboxylic acids is 3. The quantitative estimate of drug-likeness (QED) is 0.609. The number of carbonyl (C=O) groups is 3. The molecule has 1 atom stereocenters. The molecular formula is C22H19BrF2N2O4. The molecule has 0 spiro atoms. The highest BCUT2D eigenvalue weighted by Crippen LogP contribution is 2.29. The SMILES string of the molecule is CC(C(=O)N1CCC(Oc2ccc(F)cc2F)CC1)N1C(=O)c2ccc(Br)cc2C1=O. The van der Waals surface area contributed by atoms with Crippen molar-refractivity contribution in [3.63, 3.8) is 0 Å². The molecule has 0 aliphatic carbocycles. The number of hydrogen-bond acceptors (Lipinski definition) is 4. The van der Waals surface area contributed by atoms with Gasteiger partial charge >= 0.3 is 0 Å². The monoisotopic (exact) mass is 492 g/mol. The average Bonchev–Trinajstić information content (AvgIpc) is 2.99. The van der Waals surface area contributed by atoms with Crippen LogP contribution in [0.15, 0.2) is 40.9 Å². The predicted octanol–water partition coefficient (Wildman–Crippen LogP) is 3.78. The lowest BCUT2D eigenvalue weighted by molar-refractivity contribution is -0.136. The molecular weight excluding hydrogens is 474 g/mol. The first-order valence-electron chi connectivity index (χ1n) is 9.84. The molecule has 0 radical (unpaired) electrons. The van der Waals surface area contributed by atoms with Crippen molar-refractivity contribution >= 4 is 33.7 Å². The maximum atomic E-state index is 13.8. The second-order valence-electron chi connectivity index (χ2n) is 7.56. The second kappa shape index (κ2) is 8.37. The molecule has 2 heterocycles. The van der Waals surface area contributed by atoms with E-state index in [1.165, 1.54) is 13.0 Å². The van der Waals surface area contributed by atoms with Crippen LogP contribution in [0.25, 0.3) is 0 Å². The van der Waals surface area contributed by atoms with Gasteiger partial charge in [-0.2, -0.15) is 0 Å². The fraction of sp³-hybridized carbons (Fsp3) is 0.318. The summed E-state index contributed by atoms with van der Waals surface area (Å²) in [4.78, 5) is 41.0. The van der Waals surface area contributed by atoms with E-state index in [-0.39, 0.29) is 28.9 Å². The Balaban J connectivity index is 1.38. The van der Waals surface area contributed by atoms with Crippen molar-refractivity contribution in [1.82, 2.24) is 9.80 Å². The maximum absolute atomic E-state index is 13.8. The number of benzene rings is 2. The zero-order valence-corrected chi connectivity index (χ0v) is 18.2. The highest BCUT2D eigenvalue weighted by Gasteiger charge is 2.42. The zero-order chi connectivity index (χ0) is 22.3. The number of fused-ring (bicyclic) bond motifs is 1. The summed E-state index contributed by atoms with van der Waals surface area (Å²) >= 11 is 3.29. The van der Waals surface area contributed by atoms with Gasteiger partial charge in [0.25, 0.3) is 11.8 Å². The Hall–Kier alpha value is -2.81. The minimum Gasteiger partial charge on any atom is -0.487 e. The number of ether oxygens (including phenoxy) is 1. The number of nitrogens with zero attached hydrogens (tertiary/aromatic N) is 2. The summed E-state index contributed by atoms with van der Waals surface area (Å²) in [7, 11) is 0. The van der Waals surface area contributed by atoms with Crippen LogP contribution in [-0.2, 0) is 4.79 Å².